The quantitative estimate of drug-likeness (QED) is 0.511. The van der Waals surface area contributed by atoms with Gasteiger partial charge in [0.1, 0.15) is 0 Å². The molecule has 2 aromatic carbocycles. The maximum Gasteiger partial charge on any atom is 0.317 e. The Hall–Kier alpha value is -2.28. The fourth-order valence-electron chi connectivity index (χ4n) is 6.20. The number of urea groups is 1. The van der Waals surface area contributed by atoms with Gasteiger partial charge in [-0.25, -0.2) is 4.79 Å². The number of nitrogens with zero attached hydrogens (tertiary/aromatic N) is 3. The van der Waals surface area contributed by atoms with Crippen molar-refractivity contribution in [2.75, 3.05) is 39.3 Å². The third kappa shape index (κ3) is 4.96. The number of likely N-dealkylation sites (tertiary alicyclic amines) is 1. The number of hydrogen-bond acceptors (Lipinski definition) is 3. The van der Waals surface area contributed by atoms with E-state index in [0.29, 0.717) is 22.6 Å². The molecule has 2 atom stereocenters. The highest BCUT2D eigenvalue weighted by atomic mass is 35.5. The molecule has 0 bridgehead atoms. The zero-order valence-corrected chi connectivity index (χ0v) is 22.3. The smallest absolute Gasteiger partial charge is 0.317 e. The van der Waals surface area contributed by atoms with Crippen LogP contribution < -0.4 is 5.32 Å². The molecule has 36 heavy (non-hydrogen) atoms. The molecule has 2 unspecified atom stereocenters. The van der Waals surface area contributed by atoms with Crippen molar-refractivity contribution in [1.29, 1.82) is 0 Å². The summed E-state index contributed by atoms with van der Waals surface area (Å²) < 4.78 is 0. The molecular weight excluding hydrogens is 495 g/mol. The molecule has 0 aromatic heterocycles. The molecule has 2 saturated heterocycles. The molecule has 0 aliphatic carbocycles. The number of nitrogens with one attached hydrogen (secondary N) is 1. The zero-order chi connectivity index (χ0) is 25.2. The summed E-state index contributed by atoms with van der Waals surface area (Å²) in [6, 6.07) is 14.2. The highest BCUT2D eigenvalue weighted by Gasteiger charge is 2.41. The molecule has 1 N–H and O–H groups in total. The van der Waals surface area contributed by atoms with Gasteiger partial charge in [-0.3, -0.25) is 4.79 Å². The first-order chi connectivity index (χ1) is 17.5. The van der Waals surface area contributed by atoms with E-state index in [9.17, 15) is 9.59 Å². The minimum atomic E-state index is -0.0365. The number of likely N-dealkylation sites (N-methyl/N-ethyl adjacent to an activating group) is 1. The van der Waals surface area contributed by atoms with Crippen LogP contribution in [0.25, 0.3) is 0 Å². The van der Waals surface area contributed by atoms with E-state index in [1.54, 1.807) is 0 Å². The Morgan fingerprint density at radius 1 is 1.03 bits per heavy atom. The molecule has 5 rings (SSSR count). The molecular formula is C28H34Cl2N4O2. The van der Waals surface area contributed by atoms with Gasteiger partial charge in [0.25, 0.3) is 5.91 Å². The molecule has 2 fully saturated rings. The second-order valence-corrected chi connectivity index (χ2v) is 10.9. The van der Waals surface area contributed by atoms with Gasteiger partial charge >= 0.3 is 6.03 Å². The number of rotatable bonds is 7. The van der Waals surface area contributed by atoms with Gasteiger partial charge in [0.15, 0.2) is 0 Å². The van der Waals surface area contributed by atoms with E-state index in [1.165, 1.54) is 0 Å². The topological polar surface area (TPSA) is 55.9 Å². The summed E-state index contributed by atoms with van der Waals surface area (Å²) in [5, 5.41) is 4.06. The standard InChI is InChI=1S/C28H34Cl2N4O2/c1-2-33-26(22-6-3-4-7-23(22)27(33)35)21(19-8-9-24(29)25(30)18-19)12-17-32-15-10-20(11-16-32)34-14-5-13-31-28(34)36/h3-4,6-9,18,20-21,26H,2,5,10-17H2,1H3,(H,31,36). The van der Waals surface area contributed by atoms with E-state index in [2.05, 4.69) is 22.3 Å². The second-order valence-electron chi connectivity index (χ2n) is 10.0. The number of halogens is 2. The lowest BCUT2D eigenvalue weighted by Gasteiger charge is -2.41. The Labute approximate surface area is 223 Å². The zero-order valence-electron chi connectivity index (χ0n) is 20.8. The van der Waals surface area contributed by atoms with E-state index in [-0.39, 0.29) is 23.9 Å². The van der Waals surface area contributed by atoms with Gasteiger partial charge in [-0.2, -0.15) is 0 Å². The molecule has 3 aliphatic rings. The Morgan fingerprint density at radius 2 is 1.81 bits per heavy atom. The normalized spacial score (nSPS) is 22.0. The minimum Gasteiger partial charge on any atom is -0.338 e. The van der Waals surface area contributed by atoms with Crippen LogP contribution in [-0.2, 0) is 0 Å². The van der Waals surface area contributed by atoms with Crippen molar-refractivity contribution in [3.05, 3.63) is 69.2 Å². The lowest BCUT2D eigenvalue weighted by molar-refractivity contribution is 0.0697. The number of hydrogen-bond donors (Lipinski definition) is 1. The lowest BCUT2D eigenvalue weighted by atomic mass is 9.84. The summed E-state index contributed by atoms with van der Waals surface area (Å²) in [4.78, 5) is 32.1. The van der Waals surface area contributed by atoms with Gasteiger partial charge in [0, 0.05) is 50.2 Å². The Morgan fingerprint density at radius 3 is 2.53 bits per heavy atom. The molecule has 0 spiro atoms. The van der Waals surface area contributed by atoms with Gasteiger partial charge in [-0.05, 0) is 68.5 Å². The van der Waals surface area contributed by atoms with E-state index >= 15 is 0 Å². The van der Waals surface area contributed by atoms with Crippen LogP contribution in [0.3, 0.4) is 0 Å². The summed E-state index contributed by atoms with van der Waals surface area (Å²) in [6.45, 7) is 7.21. The average molecular weight is 530 g/mol. The SMILES string of the molecule is CCN1C(=O)c2ccccc2C1C(CCN1CCC(N2CCCNC2=O)CC1)c1ccc(Cl)c(Cl)c1. The highest BCUT2D eigenvalue weighted by Crippen LogP contribution is 2.45. The molecule has 3 heterocycles. The third-order valence-corrected chi connectivity index (χ3v) is 8.81. The highest BCUT2D eigenvalue weighted by molar-refractivity contribution is 6.42. The predicted octanol–water partition coefficient (Wildman–Crippen LogP) is 5.56. The fraction of sp³-hybridized carbons (Fsp3) is 0.500. The summed E-state index contributed by atoms with van der Waals surface area (Å²) in [5.74, 6) is 0.196. The first-order valence-electron chi connectivity index (χ1n) is 13.1. The number of benzene rings is 2. The summed E-state index contributed by atoms with van der Waals surface area (Å²) >= 11 is 12.7. The van der Waals surface area contributed by atoms with Crippen molar-refractivity contribution in [1.82, 2.24) is 20.0 Å². The number of carbonyl (C=O) groups excluding carboxylic acids is 2. The van der Waals surface area contributed by atoms with Crippen LogP contribution in [0.15, 0.2) is 42.5 Å². The van der Waals surface area contributed by atoms with E-state index < -0.39 is 0 Å². The van der Waals surface area contributed by atoms with E-state index in [0.717, 1.165) is 75.1 Å². The van der Waals surface area contributed by atoms with Gasteiger partial charge in [0.05, 0.1) is 16.1 Å². The van der Waals surface area contributed by atoms with Gasteiger partial charge in [-0.15, -0.1) is 0 Å². The average Bonchev–Trinajstić information content (AvgIpc) is 3.18. The number of amides is 3. The van der Waals surface area contributed by atoms with Crippen molar-refractivity contribution in [3.8, 4) is 0 Å². The van der Waals surface area contributed by atoms with Crippen LogP contribution in [0.5, 0.6) is 0 Å². The van der Waals surface area contributed by atoms with E-state index in [1.807, 2.05) is 47.1 Å². The summed E-state index contributed by atoms with van der Waals surface area (Å²) in [6.07, 6.45) is 3.91. The molecule has 8 heteroatoms. The number of piperidine rings is 1. The van der Waals surface area contributed by atoms with Crippen LogP contribution in [-0.4, -0.2) is 71.9 Å². The molecule has 192 valence electrons. The van der Waals surface area contributed by atoms with Crippen LogP contribution >= 0.6 is 23.2 Å². The molecule has 0 radical (unpaired) electrons. The van der Waals surface area contributed by atoms with E-state index in [4.69, 9.17) is 23.2 Å². The molecule has 2 aromatic rings. The van der Waals surface area contributed by atoms with Crippen LogP contribution in [0.1, 0.15) is 66.1 Å². The Kier molecular flexibility index (Phi) is 7.75. The van der Waals surface area contributed by atoms with Crippen molar-refractivity contribution in [2.24, 2.45) is 0 Å². The molecule has 3 aliphatic heterocycles. The third-order valence-electron chi connectivity index (χ3n) is 8.07. The Balaban J connectivity index is 1.34. The summed E-state index contributed by atoms with van der Waals surface area (Å²) in [7, 11) is 0. The van der Waals surface area contributed by atoms with Gasteiger partial charge in [-0.1, -0.05) is 47.5 Å². The van der Waals surface area contributed by atoms with Crippen molar-refractivity contribution < 1.29 is 9.59 Å². The van der Waals surface area contributed by atoms with Crippen LogP contribution in [0.4, 0.5) is 4.79 Å². The van der Waals surface area contributed by atoms with Gasteiger partial charge < -0.3 is 20.0 Å². The Bertz CT molecular complexity index is 1120. The maximum absolute atomic E-state index is 13.2. The molecule has 6 nitrogen and oxygen atoms in total. The molecule has 3 amide bonds. The largest absolute Gasteiger partial charge is 0.338 e. The van der Waals surface area contributed by atoms with Crippen molar-refractivity contribution >= 4 is 35.1 Å². The first-order valence-corrected chi connectivity index (χ1v) is 13.8. The summed E-state index contributed by atoms with van der Waals surface area (Å²) in [5.41, 5.74) is 3.00. The number of carbonyl (C=O) groups is 2. The monoisotopic (exact) mass is 528 g/mol. The van der Waals surface area contributed by atoms with Crippen LogP contribution in [0.2, 0.25) is 10.0 Å². The fourth-order valence-corrected chi connectivity index (χ4v) is 6.50. The number of fused-ring (bicyclic) bond motifs is 1. The van der Waals surface area contributed by atoms with Crippen molar-refractivity contribution in [2.45, 2.75) is 50.6 Å². The van der Waals surface area contributed by atoms with Crippen LogP contribution in [0, 0.1) is 0 Å². The van der Waals surface area contributed by atoms with Crippen molar-refractivity contribution in [3.63, 3.8) is 0 Å². The lowest BCUT2D eigenvalue weighted by Crippen LogP contribution is -2.54. The first kappa shape index (κ1) is 25.4. The second kappa shape index (κ2) is 11.0. The maximum atomic E-state index is 13.2. The van der Waals surface area contributed by atoms with Gasteiger partial charge in [0.2, 0.25) is 0 Å². The molecule has 0 saturated carbocycles. The minimum absolute atomic E-state index is 0.0365. The predicted molar refractivity (Wildman–Crippen MR) is 144 cm³/mol.